The molecule has 0 aliphatic heterocycles. The van der Waals surface area contributed by atoms with Gasteiger partial charge >= 0.3 is 0 Å². The molecule has 1 amide bonds. The third kappa shape index (κ3) is 2.56. The monoisotopic (exact) mass is 281 g/mol. The molecule has 0 saturated heterocycles. The van der Waals surface area contributed by atoms with E-state index in [0.717, 1.165) is 5.39 Å². The summed E-state index contributed by atoms with van der Waals surface area (Å²) >= 11 is 0. The first-order chi connectivity index (χ1) is 10.1. The van der Waals surface area contributed by atoms with E-state index in [-0.39, 0.29) is 17.1 Å². The molecule has 0 aromatic heterocycles. The summed E-state index contributed by atoms with van der Waals surface area (Å²) in [6.07, 6.45) is 0. The van der Waals surface area contributed by atoms with Crippen LogP contribution in [0, 0.1) is 5.82 Å². The molecular formula is C17H12FNO2. The van der Waals surface area contributed by atoms with Crippen LogP contribution < -0.4 is 5.32 Å². The number of aromatic hydroxyl groups is 1. The Morgan fingerprint density at radius 1 is 0.952 bits per heavy atom. The van der Waals surface area contributed by atoms with Crippen molar-refractivity contribution in [3.8, 4) is 5.75 Å². The van der Waals surface area contributed by atoms with Crippen LogP contribution in [0.15, 0.2) is 60.7 Å². The summed E-state index contributed by atoms with van der Waals surface area (Å²) < 4.78 is 12.8. The van der Waals surface area contributed by atoms with Crippen LogP contribution in [-0.2, 0) is 0 Å². The van der Waals surface area contributed by atoms with Crippen molar-refractivity contribution in [2.24, 2.45) is 0 Å². The molecule has 2 N–H and O–H groups in total. The molecule has 0 radical (unpaired) electrons. The number of amides is 1. The second kappa shape index (κ2) is 5.25. The van der Waals surface area contributed by atoms with E-state index in [0.29, 0.717) is 11.1 Å². The minimum Gasteiger partial charge on any atom is -0.506 e. The lowest BCUT2D eigenvalue weighted by Crippen LogP contribution is -2.12. The molecule has 0 saturated carbocycles. The van der Waals surface area contributed by atoms with Crippen LogP contribution in [0.2, 0.25) is 0 Å². The number of hydrogen-bond donors (Lipinski definition) is 2. The van der Waals surface area contributed by atoms with Gasteiger partial charge in [-0.25, -0.2) is 4.39 Å². The Kier molecular flexibility index (Phi) is 3.28. The maximum absolute atomic E-state index is 12.8. The molecule has 0 atom stereocenters. The van der Waals surface area contributed by atoms with E-state index in [2.05, 4.69) is 5.32 Å². The van der Waals surface area contributed by atoms with Gasteiger partial charge in [0.15, 0.2) is 0 Å². The van der Waals surface area contributed by atoms with Crippen molar-refractivity contribution in [1.29, 1.82) is 0 Å². The zero-order valence-electron chi connectivity index (χ0n) is 11.0. The van der Waals surface area contributed by atoms with Crippen molar-refractivity contribution in [3.63, 3.8) is 0 Å². The van der Waals surface area contributed by atoms with E-state index in [1.807, 2.05) is 12.1 Å². The molecule has 3 rings (SSSR count). The molecule has 104 valence electrons. The van der Waals surface area contributed by atoms with E-state index < -0.39 is 5.91 Å². The standard InChI is InChI=1S/C17H12FNO2/c18-12-6-8-13(9-7-12)19-17(21)15-10-5-11-3-1-2-4-14(11)16(15)20/h1-10,20H,(H,19,21). The van der Waals surface area contributed by atoms with Crippen LogP contribution in [0.3, 0.4) is 0 Å². The first kappa shape index (κ1) is 13.1. The van der Waals surface area contributed by atoms with Crippen molar-refractivity contribution in [3.05, 3.63) is 72.0 Å². The highest BCUT2D eigenvalue weighted by Crippen LogP contribution is 2.29. The zero-order valence-corrected chi connectivity index (χ0v) is 11.0. The Bertz CT molecular complexity index is 813. The van der Waals surface area contributed by atoms with Gasteiger partial charge in [-0.15, -0.1) is 0 Å². The predicted octanol–water partition coefficient (Wildman–Crippen LogP) is 3.94. The third-order valence-electron chi connectivity index (χ3n) is 3.25. The number of rotatable bonds is 2. The molecule has 0 heterocycles. The first-order valence-electron chi connectivity index (χ1n) is 6.43. The smallest absolute Gasteiger partial charge is 0.259 e. The SMILES string of the molecule is O=C(Nc1ccc(F)cc1)c1ccc2ccccc2c1O. The quantitative estimate of drug-likeness (QED) is 0.747. The molecule has 21 heavy (non-hydrogen) atoms. The molecule has 3 nitrogen and oxygen atoms in total. The normalized spacial score (nSPS) is 10.5. The molecule has 3 aromatic carbocycles. The molecule has 0 aliphatic rings. The van der Waals surface area contributed by atoms with E-state index in [1.54, 1.807) is 24.3 Å². The zero-order chi connectivity index (χ0) is 14.8. The molecule has 0 bridgehead atoms. The van der Waals surface area contributed by atoms with Crippen molar-refractivity contribution in [1.82, 2.24) is 0 Å². The van der Waals surface area contributed by atoms with Crippen LogP contribution in [0.1, 0.15) is 10.4 Å². The van der Waals surface area contributed by atoms with Gasteiger partial charge in [-0.2, -0.15) is 0 Å². The minimum absolute atomic E-state index is 0.0623. The van der Waals surface area contributed by atoms with Gasteiger partial charge in [0.05, 0.1) is 5.56 Å². The largest absolute Gasteiger partial charge is 0.506 e. The average Bonchev–Trinajstić information content (AvgIpc) is 2.50. The lowest BCUT2D eigenvalue weighted by atomic mass is 10.0. The number of benzene rings is 3. The fraction of sp³-hybridized carbons (Fsp3) is 0. The van der Waals surface area contributed by atoms with Crippen molar-refractivity contribution in [2.45, 2.75) is 0 Å². The molecule has 4 heteroatoms. The van der Waals surface area contributed by atoms with Gasteiger partial charge in [0.25, 0.3) is 5.91 Å². The number of carbonyl (C=O) groups is 1. The Labute approximate surface area is 120 Å². The number of phenolic OH excluding ortho intramolecular Hbond substituents is 1. The van der Waals surface area contributed by atoms with Gasteiger partial charge in [-0.1, -0.05) is 30.3 Å². The van der Waals surface area contributed by atoms with Crippen molar-refractivity contribution < 1.29 is 14.3 Å². The fourth-order valence-electron chi connectivity index (χ4n) is 2.17. The van der Waals surface area contributed by atoms with E-state index in [1.165, 1.54) is 24.3 Å². The summed E-state index contributed by atoms with van der Waals surface area (Å²) in [5.74, 6) is -0.876. The molecular weight excluding hydrogens is 269 g/mol. The third-order valence-corrected chi connectivity index (χ3v) is 3.25. The summed E-state index contributed by atoms with van der Waals surface area (Å²) in [6, 6.07) is 16.0. The topological polar surface area (TPSA) is 49.3 Å². The van der Waals surface area contributed by atoms with Crippen molar-refractivity contribution >= 4 is 22.4 Å². The van der Waals surface area contributed by atoms with Gasteiger partial charge < -0.3 is 10.4 Å². The van der Waals surface area contributed by atoms with Crippen LogP contribution in [-0.4, -0.2) is 11.0 Å². The van der Waals surface area contributed by atoms with E-state index >= 15 is 0 Å². The number of anilines is 1. The van der Waals surface area contributed by atoms with Gasteiger partial charge in [0, 0.05) is 11.1 Å². The average molecular weight is 281 g/mol. The highest BCUT2D eigenvalue weighted by molar-refractivity contribution is 6.09. The summed E-state index contributed by atoms with van der Waals surface area (Å²) in [6.45, 7) is 0. The Balaban J connectivity index is 1.94. The number of phenols is 1. The fourth-order valence-corrected chi connectivity index (χ4v) is 2.17. The maximum Gasteiger partial charge on any atom is 0.259 e. The van der Waals surface area contributed by atoms with E-state index in [9.17, 15) is 14.3 Å². The lowest BCUT2D eigenvalue weighted by Gasteiger charge is -2.09. The van der Waals surface area contributed by atoms with Crippen LogP contribution in [0.4, 0.5) is 10.1 Å². The molecule has 3 aromatic rings. The summed E-state index contributed by atoms with van der Waals surface area (Å²) in [5, 5.41) is 14.3. The van der Waals surface area contributed by atoms with Crippen LogP contribution in [0.25, 0.3) is 10.8 Å². The number of fused-ring (bicyclic) bond motifs is 1. The van der Waals surface area contributed by atoms with Gasteiger partial charge in [-0.3, -0.25) is 4.79 Å². The molecule has 0 aliphatic carbocycles. The predicted molar refractivity (Wildman–Crippen MR) is 80.0 cm³/mol. The number of halogens is 1. The maximum atomic E-state index is 12.8. The summed E-state index contributed by atoms with van der Waals surface area (Å²) in [7, 11) is 0. The highest BCUT2D eigenvalue weighted by atomic mass is 19.1. The number of hydrogen-bond acceptors (Lipinski definition) is 2. The first-order valence-corrected chi connectivity index (χ1v) is 6.43. The lowest BCUT2D eigenvalue weighted by molar-refractivity contribution is 0.102. The Morgan fingerprint density at radius 2 is 1.67 bits per heavy atom. The summed E-state index contributed by atoms with van der Waals surface area (Å²) in [5.41, 5.74) is 0.645. The second-order valence-corrected chi connectivity index (χ2v) is 4.64. The van der Waals surface area contributed by atoms with Gasteiger partial charge in [0.2, 0.25) is 0 Å². The molecule has 0 fully saturated rings. The summed E-state index contributed by atoms with van der Waals surface area (Å²) in [4.78, 5) is 12.2. The van der Waals surface area contributed by atoms with Gasteiger partial charge in [0.1, 0.15) is 11.6 Å². The Morgan fingerprint density at radius 3 is 2.43 bits per heavy atom. The highest BCUT2D eigenvalue weighted by Gasteiger charge is 2.13. The van der Waals surface area contributed by atoms with Crippen LogP contribution >= 0.6 is 0 Å². The second-order valence-electron chi connectivity index (χ2n) is 4.64. The van der Waals surface area contributed by atoms with Gasteiger partial charge in [-0.05, 0) is 35.7 Å². The number of nitrogens with one attached hydrogen (secondary N) is 1. The number of carbonyl (C=O) groups excluding carboxylic acids is 1. The van der Waals surface area contributed by atoms with E-state index in [4.69, 9.17) is 0 Å². The van der Waals surface area contributed by atoms with Crippen LogP contribution in [0.5, 0.6) is 5.75 Å². The minimum atomic E-state index is -0.440. The molecule has 0 unspecified atom stereocenters. The van der Waals surface area contributed by atoms with Crippen molar-refractivity contribution in [2.75, 3.05) is 5.32 Å². The molecule has 0 spiro atoms. The Hall–Kier alpha value is -2.88.